The maximum Gasteiger partial charge on any atom is 0.222 e. The second-order valence-corrected chi connectivity index (χ2v) is 5.39. The van der Waals surface area contributed by atoms with E-state index in [2.05, 4.69) is 0 Å². The van der Waals surface area contributed by atoms with Gasteiger partial charge >= 0.3 is 0 Å². The van der Waals surface area contributed by atoms with Gasteiger partial charge in [-0.1, -0.05) is 18.2 Å². The fourth-order valence-corrected chi connectivity index (χ4v) is 2.37. The molecular weight excluding hydrogens is 254 g/mol. The van der Waals surface area contributed by atoms with E-state index in [9.17, 15) is 9.90 Å². The summed E-state index contributed by atoms with van der Waals surface area (Å²) in [4.78, 5) is 13.8. The molecule has 1 aliphatic heterocycles. The minimum Gasteiger partial charge on any atom is -0.388 e. The van der Waals surface area contributed by atoms with Gasteiger partial charge in [-0.05, 0) is 37.0 Å². The standard InChI is InChI=1S/C16H23NO3/c1-12-3-4-14(11-13(12)2)15(18)5-6-16(19)17-7-9-20-10-8-17/h3-4,11,15,18H,5-10H2,1-2H3. The van der Waals surface area contributed by atoms with Gasteiger partial charge in [-0.2, -0.15) is 0 Å². The zero-order valence-corrected chi connectivity index (χ0v) is 12.3. The summed E-state index contributed by atoms with van der Waals surface area (Å²) in [5, 5.41) is 10.2. The van der Waals surface area contributed by atoms with E-state index in [1.165, 1.54) is 11.1 Å². The lowest BCUT2D eigenvalue weighted by Gasteiger charge is -2.27. The summed E-state index contributed by atoms with van der Waals surface area (Å²) in [7, 11) is 0. The zero-order valence-electron chi connectivity index (χ0n) is 12.3. The van der Waals surface area contributed by atoms with Crippen LogP contribution < -0.4 is 0 Å². The van der Waals surface area contributed by atoms with Gasteiger partial charge < -0.3 is 14.7 Å². The smallest absolute Gasteiger partial charge is 0.222 e. The summed E-state index contributed by atoms with van der Waals surface area (Å²) in [5.41, 5.74) is 3.27. The van der Waals surface area contributed by atoms with Crippen molar-refractivity contribution in [3.63, 3.8) is 0 Å². The molecule has 0 aromatic heterocycles. The Morgan fingerprint density at radius 3 is 2.65 bits per heavy atom. The van der Waals surface area contributed by atoms with Crippen LogP contribution in [0.25, 0.3) is 0 Å². The first-order valence-electron chi connectivity index (χ1n) is 7.18. The number of rotatable bonds is 4. The minimum absolute atomic E-state index is 0.108. The molecule has 1 saturated heterocycles. The van der Waals surface area contributed by atoms with Gasteiger partial charge in [0.15, 0.2) is 0 Å². The van der Waals surface area contributed by atoms with E-state index in [-0.39, 0.29) is 5.91 Å². The second kappa shape index (κ2) is 6.86. The number of nitrogens with zero attached hydrogens (tertiary/aromatic N) is 1. The molecule has 0 bridgehead atoms. The third kappa shape index (κ3) is 3.81. The van der Waals surface area contributed by atoms with E-state index in [4.69, 9.17) is 4.74 Å². The summed E-state index contributed by atoms with van der Waals surface area (Å²) >= 11 is 0. The van der Waals surface area contributed by atoms with E-state index in [0.717, 1.165) is 5.56 Å². The lowest BCUT2D eigenvalue weighted by Crippen LogP contribution is -2.40. The van der Waals surface area contributed by atoms with Gasteiger partial charge in [0.25, 0.3) is 0 Å². The number of carbonyl (C=O) groups is 1. The van der Waals surface area contributed by atoms with Crippen molar-refractivity contribution in [2.75, 3.05) is 26.3 Å². The Hall–Kier alpha value is -1.39. The summed E-state index contributed by atoms with van der Waals surface area (Å²) in [6.07, 6.45) is 0.284. The minimum atomic E-state index is -0.570. The first kappa shape index (κ1) is 15.0. The first-order chi connectivity index (χ1) is 9.58. The number of ether oxygens (including phenoxy) is 1. The molecule has 1 aromatic carbocycles. The maximum absolute atomic E-state index is 12.0. The summed E-state index contributed by atoms with van der Waals surface area (Å²) in [6.45, 7) is 6.64. The number of aliphatic hydroxyl groups is 1. The van der Waals surface area contributed by atoms with Crippen molar-refractivity contribution in [3.8, 4) is 0 Å². The molecule has 0 aliphatic carbocycles. The van der Waals surface area contributed by atoms with Crippen molar-refractivity contribution in [1.82, 2.24) is 4.90 Å². The van der Waals surface area contributed by atoms with Gasteiger partial charge in [-0.3, -0.25) is 4.79 Å². The third-order valence-corrected chi connectivity index (χ3v) is 3.91. The van der Waals surface area contributed by atoms with Crippen LogP contribution in [0.4, 0.5) is 0 Å². The van der Waals surface area contributed by atoms with Gasteiger partial charge in [0.05, 0.1) is 19.3 Å². The van der Waals surface area contributed by atoms with Gasteiger partial charge in [0.2, 0.25) is 5.91 Å². The second-order valence-electron chi connectivity index (χ2n) is 5.39. The van der Waals surface area contributed by atoms with Gasteiger partial charge in [0, 0.05) is 19.5 Å². The molecule has 4 heteroatoms. The number of hydrogen-bond acceptors (Lipinski definition) is 3. The third-order valence-electron chi connectivity index (χ3n) is 3.91. The highest BCUT2D eigenvalue weighted by Crippen LogP contribution is 2.21. The van der Waals surface area contributed by atoms with Crippen LogP contribution in [-0.2, 0) is 9.53 Å². The number of morpholine rings is 1. The summed E-state index contributed by atoms with van der Waals surface area (Å²) < 4.78 is 5.23. The average molecular weight is 277 g/mol. The fraction of sp³-hybridized carbons (Fsp3) is 0.562. The van der Waals surface area contributed by atoms with Gasteiger partial charge in [-0.15, -0.1) is 0 Å². The Kier molecular flexibility index (Phi) is 5.15. The molecule has 0 spiro atoms. The fourth-order valence-electron chi connectivity index (χ4n) is 2.37. The number of carbonyl (C=O) groups excluding carboxylic acids is 1. The molecule has 1 aromatic rings. The molecule has 1 fully saturated rings. The van der Waals surface area contributed by atoms with Crippen LogP contribution in [0.3, 0.4) is 0 Å². The van der Waals surface area contributed by atoms with Crippen molar-refractivity contribution in [2.45, 2.75) is 32.8 Å². The number of aryl methyl sites for hydroxylation is 2. The predicted molar refractivity (Wildman–Crippen MR) is 77.5 cm³/mol. The van der Waals surface area contributed by atoms with Crippen LogP contribution in [0.2, 0.25) is 0 Å². The van der Waals surface area contributed by atoms with Crippen molar-refractivity contribution in [1.29, 1.82) is 0 Å². The number of benzene rings is 1. The van der Waals surface area contributed by atoms with Crippen LogP contribution in [0, 0.1) is 13.8 Å². The normalized spacial score (nSPS) is 17.1. The molecule has 1 amide bonds. The zero-order chi connectivity index (χ0) is 14.5. The first-order valence-corrected chi connectivity index (χ1v) is 7.18. The lowest BCUT2D eigenvalue weighted by molar-refractivity contribution is -0.135. The SMILES string of the molecule is Cc1ccc(C(O)CCC(=O)N2CCOCC2)cc1C. The highest BCUT2D eigenvalue weighted by Gasteiger charge is 2.18. The molecular formula is C16H23NO3. The summed E-state index contributed by atoms with van der Waals surface area (Å²) in [5.74, 6) is 0.108. The van der Waals surface area contributed by atoms with Crippen LogP contribution in [-0.4, -0.2) is 42.2 Å². The van der Waals surface area contributed by atoms with Crippen molar-refractivity contribution < 1.29 is 14.6 Å². The number of amides is 1. The highest BCUT2D eigenvalue weighted by molar-refractivity contribution is 5.76. The molecule has 2 rings (SSSR count). The molecule has 1 N–H and O–H groups in total. The molecule has 20 heavy (non-hydrogen) atoms. The number of aliphatic hydroxyl groups excluding tert-OH is 1. The molecule has 110 valence electrons. The van der Waals surface area contributed by atoms with Crippen LogP contribution in [0.1, 0.15) is 35.6 Å². The molecule has 0 saturated carbocycles. The monoisotopic (exact) mass is 277 g/mol. The van der Waals surface area contributed by atoms with Crippen LogP contribution in [0.15, 0.2) is 18.2 Å². The summed E-state index contributed by atoms with van der Waals surface area (Å²) in [6, 6.07) is 5.95. The predicted octanol–water partition coefficient (Wildman–Crippen LogP) is 1.98. The lowest BCUT2D eigenvalue weighted by atomic mass is 10.00. The Bertz CT molecular complexity index is 467. The molecule has 4 nitrogen and oxygen atoms in total. The topological polar surface area (TPSA) is 49.8 Å². The average Bonchev–Trinajstić information content (AvgIpc) is 2.48. The van der Waals surface area contributed by atoms with Crippen molar-refractivity contribution in [3.05, 3.63) is 34.9 Å². The van der Waals surface area contributed by atoms with E-state index in [1.54, 1.807) is 0 Å². The molecule has 1 atom stereocenters. The van der Waals surface area contributed by atoms with E-state index in [0.29, 0.717) is 39.1 Å². The van der Waals surface area contributed by atoms with E-state index >= 15 is 0 Å². The largest absolute Gasteiger partial charge is 0.388 e. The van der Waals surface area contributed by atoms with Crippen LogP contribution in [0.5, 0.6) is 0 Å². The Morgan fingerprint density at radius 1 is 1.30 bits per heavy atom. The van der Waals surface area contributed by atoms with Gasteiger partial charge in [0.1, 0.15) is 0 Å². The quantitative estimate of drug-likeness (QED) is 0.915. The van der Waals surface area contributed by atoms with Crippen LogP contribution >= 0.6 is 0 Å². The highest BCUT2D eigenvalue weighted by atomic mass is 16.5. The molecule has 0 radical (unpaired) electrons. The molecule has 1 heterocycles. The molecule has 1 unspecified atom stereocenters. The Morgan fingerprint density at radius 2 is 2.00 bits per heavy atom. The van der Waals surface area contributed by atoms with E-state index < -0.39 is 6.10 Å². The van der Waals surface area contributed by atoms with E-state index in [1.807, 2.05) is 36.9 Å². The molecule has 1 aliphatic rings. The van der Waals surface area contributed by atoms with Gasteiger partial charge in [-0.25, -0.2) is 0 Å². The Labute approximate surface area is 120 Å². The number of hydrogen-bond donors (Lipinski definition) is 1. The van der Waals surface area contributed by atoms with Crippen molar-refractivity contribution in [2.24, 2.45) is 0 Å². The van der Waals surface area contributed by atoms with Crippen molar-refractivity contribution >= 4 is 5.91 Å². The maximum atomic E-state index is 12.0. The Balaban J connectivity index is 1.86.